The maximum atomic E-state index is 14.4. The molecule has 10 nitrogen and oxygen atoms in total. The number of benzene rings is 1. The number of nitrogens with one attached hydrogen (secondary N) is 1. The zero-order valence-corrected chi connectivity index (χ0v) is 24.4. The van der Waals surface area contributed by atoms with E-state index in [1.54, 1.807) is 46.1 Å². The van der Waals surface area contributed by atoms with Crippen molar-refractivity contribution in [3.05, 3.63) is 39.9 Å². The third kappa shape index (κ3) is 6.24. The summed E-state index contributed by atoms with van der Waals surface area (Å²) >= 11 is 6.41. The second-order valence-electron chi connectivity index (χ2n) is 11.1. The SMILES string of the molecule is COC(Cn1c(=O)n(CCC(C)(C)O)c2cc(Nc3nc(N4CC(C)C(F)(F)[C@@H](C)C4)ncc3Cl)ccc21)OC. The third-order valence-corrected chi connectivity index (χ3v) is 7.68. The number of fused-ring (bicyclic) bond motifs is 1. The Hall–Kier alpha value is -2.80. The van der Waals surface area contributed by atoms with Crippen LogP contribution in [-0.4, -0.2) is 69.3 Å². The Balaban J connectivity index is 1.68. The number of aliphatic hydroxyl groups is 1. The fraction of sp³-hybridized carbons (Fsp3) is 0.593. The lowest BCUT2D eigenvalue weighted by Crippen LogP contribution is -2.52. The maximum Gasteiger partial charge on any atom is 0.329 e. The van der Waals surface area contributed by atoms with Crippen LogP contribution in [0.5, 0.6) is 0 Å². The van der Waals surface area contributed by atoms with Gasteiger partial charge in [-0.2, -0.15) is 4.98 Å². The molecule has 1 aromatic carbocycles. The van der Waals surface area contributed by atoms with Gasteiger partial charge in [-0.25, -0.2) is 18.6 Å². The van der Waals surface area contributed by atoms with E-state index in [1.807, 2.05) is 0 Å². The average molecular weight is 583 g/mol. The van der Waals surface area contributed by atoms with Crippen LogP contribution in [0, 0.1) is 11.8 Å². The summed E-state index contributed by atoms with van der Waals surface area (Å²) in [4.78, 5) is 24.0. The number of alkyl halides is 2. The van der Waals surface area contributed by atoms with Gasteiger partial charge in [0.15, 0.2) is 12.1 Å². The van der Waals surface area contributed by atoms with Gasteiger partial charge in [-0.05, 0) is 38.5 Å². The van der Waals surface area contributed by atoms with Crippen LogP contribution in [0.3, 0.4) is 0 Å². The van der Waals surface area contributed by atoms with E-state index in [1.165, 1.54) is 34.3 Å². The number of anilines is 3. The monoisotopic (exact) mass is 582 g/mol. The first-order chi connectivity index (χ1) is 18.7. The number of rotatable bonds is 10. The van der Waals surface area contributed by atoms with Gasteiger partial charge in [0.2, 0.25) is 5.95 Å². The molecule has 0 aliphatic carbocycles. The molecular weight excluding hydrogens is 546 g/mol. The minimum absolute atomic E-state index is 0.120. The number of nitrogens with zero attached hydrogens (tertiary/aromatic N) is 5. The van der Waals surface area contributed by atoms with E-state index in [-0.39, 0.29) is 36.9 Å². The van der Waals surface area contributed by atoms with Crippen molar-refractivity contribution in [2.45, 2.75) is 65.0 Å². The van der Waals surface area contributed by atoms with Crippen molar-refractivity contribution >= 4 is 40.1 Å². The number of aryl methyl sites for hydroxylation is 1. The number of hydrogen-bond donors (Lipinski definition) is 2. The highest BCUT2D eigenvalue weighted by Gasteiger charge is 2.47. The van der Waals surface area contributed by atoms with E-state index in [2.05, 4.69) is 15.3 Å². The summed E-state index contributed by atoms with van der Waals surface area (Å²) in [6.07, 6.45) is 1.18. The molecule has 1 unspecified atom stereocenters. The molecule has 3 aromatic rings. The topological polar surface area (TPSA) is 107 Å². The molecule has 3 heterocycles. The number of methoxy groups -OCH3 is 2. The quantitative estimate of drug-likeness (QED) is 0.337. The van der Waals surface area contributed by atoms with E-state index in [4.69, 9.17) is 21.1 Å². The lowest BCUT2D eigenvalue weighted by molar-refractivity contribution is -0.110. The van der Waals surface area contributed by atoms with Crippen molar-refractivity contribution in [1.29, 1.82) is 0 Å². The summed E-state index contributed by atoms with van der Waals surface area (Å²) in [5.74, 6) is -3.85. The Morgan fingerprint density at radius 3 is 2.42 bits per heavy atom. The van der Waals surface area contributed by atoms with Gasteiger partial charge >= 0.3 is 5.69 Å². The molecule has 0 saturated carbocycles. The van der Waals surface area contributed by atoms with Crippen LogP contribution >= 0.6 is 11.6 Å². The van der Waals surface area contributed by atoms with Gasteiger partial charge in [-0.1, -0.05) is 25.4 Å². The number of hydrogen-bond acceptors (Lipinski definition) is 8. The van der Waals surface area contributed by atoms with E-state index >= 15 is 0 Å². The van der Waals surface area contributed by atoms with Gasteiger partial charge in [-0.3, -0.25) is 9.13 Å². The first kappa shape index (κ1) is 30.2. The molecule has 1 fully saturated rings. The zero-order valence-electron chi connectivity index (χ0n) is 23.6. The molecule has 4 rings (SSSR count). The first-order valence-electron chi connectivity index (χ1n) is 13.2. The zero-order chi connectivity index (χ0) is 29.4. The smallest absolute Gasteiger partial charge is 0.329 e. The molecule has 0 bridgehead atoms. The Bertz CT molecular complexity index is 1390. The molecule has 2 N–H and O–H groups in total. The Morgan fingerprint density at radius 1 is 1.18 bits per heavy atom. The molecule has 1 aliphatic rings. The van der Waals surface area contributed by atoms with E-state index in [9.17, 15) is 18.7 Å². The summed E-state index contributed by atoms with van der Waals surface area (Å²) in [5, 5.41) is 13.7. The molecular formula is C27H37ClF2N6O4. The molecule has 1 aliphatic heterocycles. The van der Waals surface area contributed by atoms with Crippen LogP contribution in [-0.2, 0) is 22.6 Å². The summed E-state index contributed by atoms with van der Waals surface area (Å²) in [6, 6.07) is 5.39. The standard InChI is InChI=1S/C27H37ClF2N6O4/c1-16-13-34(14-17(2)27(16,29)30)24-31-12-19(28)23(33-24)32-18-7-8-20-21(11-18)35(10-9-26(3,4)38)25(37)36(20)15-22(39-5)40-6/h7-8,11-12,16-17,22,38H,9-10,13-15H2,1-6H3,(H,31,32,33)/t16-,17?/m0/s1. The Kier molecular flexibility index (Phi) is 8.74. The van der Waals surface area contributed by atoms with Gasteiger partial charge in [-0.15, -0.1) is 0 Å². The largest absolute Gasteiger partial charge is 0.390 e. The Morgan fingerprint density at radius 2 is 1.82 bits per heavy atom. The predicted octanol–water partition coefficient (Wildman–Crippen LogP) is 4.50. The van der Waals surface area contributed by atoms with Crippen molar-refractivity contribution in [3.8, 4) is 0 Å². The van der Waals surface area contributed by atoms with Gasteiger partial charge in [0.25, 0.3) is 5.92 Å². The van der Waals surface area contributed by atoms with Gasteiger partial charge in [0.05, 0.1) is 29.4 Å². The molecule has 40 heavy (non-hydrogen) atoms. The molecule has 2 aromatic heterocycles. The summed E-state index contributed by atoms with van der Waals surface area (Å²) in [6.45, 7) is 7.14. The number of piperidine rings is 1. The van der Waals surface area contributed by atoms with Crippen molar-refractivity contribution in [1.82, 2.24) is 19.1 Å². The highest BCUT2D eigenvalue weighted by molar-refractivity contribution is 6.32. The van der Waals surface area contributed by atoms with Crippen molar-refractivity contribution in [2.75, 3.05) is 37.5 Å². The number of halogens is 3. The molecule has 2 atom stereocenters. The van der Waals surface area contributed by atoms with E-state index in [0.717, 1.165) is 0 Å². The number of aromatic nitrogens is 4. The fourth-order valence-corrected chi connectivity index (χ4v) is 5.07. The number of imidazole rings is 1. The third-order valence-electron chi connectivity index (χ3n) is 7.40. The van der Waals surface area contributed by atoms with Crippen molar-refractivity contribution < 1.29 is 23.4 Å². The van der Waals surface area contributed by atoms with Crippen LogP contribution in [0.1, 0.15) is 34.1 Å². The predicted molar refractivity (Wildman–Crippen MR) is 151 cm³/mol. The van der Waals surface area contributed by atoms with Crippen molar-refractivity contribution in [3.63, 3.8) is 0 Å². The fourth-order valence-electron chi connectivity index (χ4n) is 4.93. The normalized spacial score (nSPS) is 19.5. The van der Waals surface area contributed by atoms with Gasteiger partial charge in [0, 0.05) is 51.4 Å². The summed E-state index contributed by atoms with van der Waals surface area (Å²) < 4.78 is 42.6. The second kappa shape index (κ2) is 11.6. The maximum absolute atomic E-state index is 14.4. The molecule has 220 valence electrons. The van der Waals surface area contributed by atoms with Gasteiger partial charge in [0.1, 0.15) is 5.02 Å². The van der Waals surface area contributed by atoms with Crippen LogP contribution in [0.15, 0.2) is 29.2 Å². The van der Waals surface area contributed by atoms with Crippen LogP contribution in [0.25, 0.3) is 11.0 Å². The lowest BCUT2D eigenvalue weighted by Gasteiger charge is -2.41. The first-order valence-corrected chi connectivity index (χ1v) is 13.6. The van der Waals surface area contributed by atoms with Gasteiger partial charge < -0.3 is 24.8 Å². The molecule has 1 saturated heterocycles. The molecule has 0 spiro atoms. The van der Waals surface area contributed by atoms with Crippen LogP contribution < -0.4 is 15.9 Å². The second-order valence-corrected chi connectivity index (χ2v) is 11.5. The highest BCUT2D eigenvalue weighted by atomic mass is 35.5. The van der Waals surface area contributed by atoms with E-state index in [0.29, 0.717) is 34.9 Å². The molecule has 13 heteroatoms. The Labute approximate surface area is 236 Å². The lowest BCUT2D eigenvalue weighted by atomic mass is 9.87. The number of ether oxygens (including phenoxy) is 2. The summed E-state index contributed by atoms with van der Waals surface area (Å²) in [7, 11) is 3.01. The minimum Gasteiger partial charge on any atom is -0.390 e. The van der Waals surface area contributed by atoms with Crippen LogP contribution in [0.2, 0.25) is 5.02 Å². The van der Waals surface area contributed by atoms with Crippen LogP contribution in [0.4, 0.5) is 26.2 Å². The molecule has 0 radical (unpaired) electrons. The minimum atomic E-state index is -2.76. The van der Waals surface area contributed by atoms with E-state index < -0.39 is 29.6 Å². The molecule has 0 amide bonds. The highest BCUT2D eigenvalue weighted by Crippen LogP contribution is 2.39. The van der Waals surface area contributed by atoms with Crippen molar-refractivity contribution in [2.24, 2.45) is 11.8 Å². The summed E-state index contributed by atoms with van der Waals surface area (Å²) in [5.41, 5.74) is 0.677. The average Bonchev–Trinajstić information content (AvgIpc) is 3.14.